The molecule has 0 aromatic heterocycles. The van der Waals surface area contributed by atoms with Gasteiger partial charge in [0.05, 0.1) is 12.8 Å². The number of methoxy groups -OCH3 is 1. The van der Waals surface area contributed by atoms with Crippen molar-refractivity contribution >= 4 is 5.69 Å². The largest absolute Gasteiger partial charge is 0.497 e. The first-order chi connectivity index (χ1) is 9.60. The van der Waals surface area contributed by atoms with Crippen LogP contribution < -0.4 is 14.8 Å². The van der Waals surface area contributed by atoms with Crippen molar-refractivity contribution in [1.82, 2.24) is 0 Å². The highest BCUT2D eigenvalue weighted by molar-refractivity contribution is 5.60. The van der Waals surface area contributed by atoms with Crippen LogP contribution in [0, 0.1) is 0 Å². The smallest absolute Gasteiger partial charge is 0.387 e. The lowest BCUT2D eigenvalue weighted by atomic mass is 10.1. The zero-order chi connectivity index (χ0) is 15.0. The van der Waals surface area contributed by atoms with Crippen LogP contribution in [0.4, 0.5) is 14.5 Å². The molecule has 0 aliphatic heterocycles. The highest BCUT2D eigenvalue weighted by Crippen LogP contribution is 2.31. The van der Waals surface area contributed by atoms with Crippen molar-refractivity contribution in [3.63, 3.8) is 0 Å². The minimum absolute atomic E-state index is 0.151. The molecule has 0 saturated carbocycles. The molecule has 0 atom stereocenters. The molecule has 0 aliphatic carbocycles. The molecule has 1 aromatic rings. The summed E-state index contributed by atoms with van der Waals surface area (Å²) in [5.41, 5.74) is 0.552. The SMILES string of the molecule is CCCC(CCC)Nc1cc(OC)ccc1OC(F)F. The maximum Gasteiger partial charge on any atom is 0.387 e. The van der Waals surface area contributed by atoms with Crippen molar-refractivity contribution in [2.75, 3.05) is 12.4 Å². The number of hydrogen-bond acceptors (Lipinski definition) is 3. The summed E-state index contributed by atoms with van der Waals surface area (Å²) < 4.78 is 34.6. The predicted octanol–water partition coefficient (Wildman–Crippen LogP) is 4.68. The molecule has 0 heterocycles. The molecule has 20 heavy (non-hydrogen) atoms. The van der Waals surface area contributed by atoms with Gasteiger partial charge in [0.2, 0.25) is 0 Å². The molecular weight excluding hydrogens is 264 g/mol. The van der Waals surface area contributed by atoms with Gasteiger partial charge in [0.15, 0.2) is 0 Å². The van der Waals surface area contributed by atoms with Gasteiger partial charge in [-0.3, -0.25) is 0 Å². The molecule has 0 saturated heterocycles. The summed E-state index contributed by atoms with van der Waals surface area (Å²) in [7, 11) is 1.54. The third-order valence-corrected chi connectivity index (χ3v) is 3.04. The predicted molar refractivity (Wildman–Crippen MR) is 76.9 cm³/mol. The van der Waals surface area contributed by atoms with Crippen molar-refractivity contribution in [1.29, 1.82) is 0 Å². The van der Waals surface area contributed by atoms with Gasteiger partial charge in [-0.2, -0.15) is 8.78 Å². The molecule has 5 heteroatoms. The lowest BCUT2D eigenvalue weighted by Gasteiger charge is -2.21. The van der Waals surface area contributed by atoms with E-state index in [4.69, 9.17) is 4.74 Å². The van der Waals surface area contributed by atoms with Crippen molar-refractivity contribution in [3.8, 4) is 11.5 Å². The number of halogens is 2. The summed E-state index contributed by atoms with van der Waals surface area (Å²) in [6, 6.07) is 5.05. The minimum atomic E-state index is -2.83. The fourth-order valence-corrected chi connectivity index (χ4v) is 2.15. The number of benzene rings is 1. The average molecular weight is 287 g/mol. The number of hydrogen-bond donors (Lipinski definition) is 1. The van der Waals surface area contributed by atoms with E-state index in [-0.39, 0.29) is 11.8 Å². The van der Waals surface area contributed by atoms with Gasteiger partial charge in [-0.1, -0.05) is 26.7 Å². The van der Waals surface area contributed by atoms with Crippen LogP contribution in [-0.2, 0) is 0 Å². The monoisotopic (exact) mass is 287 g/mol. The van der Waals surface area contributed by atoms with Crippen LogP contribution in [0.2, 0.25) is 0 Å². The van der Waals surface area contributed by atoms with E-state index in [0.717, 1.165) is 25.7 Å². The van der Waals surface area contributed by atoms with Crippen molar-refractivity contribution < 1.29 is 18.3 Å². The van der Waals surface area contributed by atoms with Gasteiger partial charge in [-0.05, 0) is 25.0 Å². The van der Waals surface area contributed by atoms with Crippen LogP contribution in [0.5, 0.6) is 11.5 Å². The Balaban J connectivity index is 2.92. The number of rotatable bonds is 9. The van der Waals surface area contributed by atoms with Crippen LogP contribution in [-0.4, -0.2) is 19.8 Å². The van der Waals surface area contributed by atoms with E-state index in [0.29, 0.717) is 11.4 Å². The maximum atomic E-state index is 12.4. The zero-order valence-corrected chi connectivity index (χ0v) is 12.3. The topological polar surface area (TPSA) is 30.5 Å². The second-order valence-corrected chi connectivity index (χ2v) is 4.66. The lowest BCUT2D eigenvalue weighted by molar-refractivity contribution is -0.0494. The first-order valence-electron chi connectivity index (χ1n) is 7.00. The summed E-state index contributed by atoms with van der Waals surface area (Å²) in [5.74, 6) is 0.763. The Morgan fingerprint density at radius 3 is 2.30 bits per heavy atom. The molecule has 0 radical (unpaired) electrons. The Morgan fingerprint density at radius 1 is 1.15 bits per heavy atom. The molecule has 1 N–H and O–H groups in total. The molecule has 1 aromatic carbocycles. The van der Waals surface area contributed by atoms with Crippen LogP contribution in [0.25, 0.3) is 0 Å². The first-order valence-corrected chi connectivity index (χ1v) is 7.00. The molecule has 0 fully saturated rings. The fraction of sp³-hybridized carbons (Fsp3) is 0.600. The van der Waals surface area contributed by atoms with E-state index in [1.165, 1.54) is 6.07 Å². The molecule has 114 valence electrons. The zero-order valence-electron chi connectivity index (χ0n) is 12.3. The lowest BCUT2D eigenvalue weighted by Crippen LogP contribution is -2.20. The highest BCUT2D eigenvalue weighted by Gasteiger charge is 2.14. The summed E-state index contributed by atoms with van der Waals surface area (Å²) in [5, 5.41) is 3.29. The van der Waals surface area contributed by atoms with Crippen molar-refractivity contribution in [2.24, 2.45) is 0 Å². The molecule has 0 unspecified atom stereocenters. The molecule has 0 aliphatic rings. The van der Waals surface area contributed by atoms with Crippen LogP contribution in [0.15, 0.2) is 18.2 Å². The van der Waals surface area contributed by atoms with Gasteiger partial charge in [-0.15, -0.1) is 0 Å². The van der Waals surface area contributed by atoms with Crippen LogP contribution in [0.1, 0.15) is 39.5 Å². The second-order valence-electron chi connectivity index (χ2n) is 4.66. The van der Waals surface area contributed by atoms with E-state index >= 15 is 0 Å². The van der Waals surface area contributed by atoms with E-state index < -0.39 is 6.61 Å². The third-order valence-electron chi connectivity index (χ3n) is 3.04. The van der Waals surface area contributed by atoms with E-state index in [9.17, 15) is 8.78 Å². The summed E-state index contributed by atoms with van der Waals surface area (Å²) in [6.45, 7) is 1.37. The average Bonchev–Trinajstić information content (AvgIpc) is 2.40. The van der Waals surface area contributed by atoms with E-state index in [1.807, 2.05) is 0 Å². The molecule has 0 amide bonds. The molecule has 3 nitrogen and oxygen atoms in total. The number of nitrogens with one attached hydrogen (secondary N) is 1. The van der Waals surface area contributed by atoms with Gasteiger partial charge in [-0.25, -0.2) is 0 Å². The Labute approximate surface area is 119 Å². The number of alkyl halides is 2. The second kappa shape index (κ2) is 8.61. The van der Waals surface area contributed by atoms with Gasteiger partial charge in [0.1, 0.15) is 11.5 Å². The summed E-state index contributed by atoms with van der Waals surface area (Å²) in [4.78, 5) is 0. The molecule has 0 spiro atoms. The van der Waals surface area contributed by atoms with Crippen LogP contribution in [0.3, 0.4) is 0 Å². The molecular formula is C15H23F2NO2. The number of anilines is 1. The quantitative estimate of drug-likeness (QED) is 0.715. The maximum absolute atomic E-state index is 12.4. The Bertz CT molecular complexity index is 393. The fourth-order valence-electron chi connectivity index (χ4n) is 2.15. The molecule has 0 bridgehead atoms. The first kappa shape index (κ1) is 16.5. The summed E-state index contributed by atoms with van der Waals surface area (Å²) in [6.07, 6.45) is 4.04. The Morgan fingerprint density at radius 2 is 1.80 bits per heavy atom. The Kier molecular flexibility index (Phi) is 7.12. The van der Waals surface area contributed by atoms with Crippen molar-refractivity contribution in [2.45, 2.75) is 52.2 Å². The van der Waals surface area contributed by atoms with Crippen LogP contribution >= 0.6 is 0 Å². The molecule has 1 rings (SSSR count). The standard InChI is InChI=1S/C15H23F2NO2/c1-4-6-11(7-5-2)18-13-10-12(19-3)8-9-14(13)20-15(16)17/h8-11,15,18H,4-7H2,1-3H3. The highest BCUT2D eigenvalue weighted by atomic mass is 19.3. The number of ether oxygens (including phenoxy) is 2. The van der Waals surface area contributed by atoms with E-state index in [1.54, 1.807) is 19.2 Å². The normalized spacial score (nSPS) is 10.9. The van der Waals surface area contributed by atoms with Gasteiger partial charge < -0.3 is 14.8 Å². The summed E-state index contributed by atoms with van der Waals surface area (Å²) >= 11 is 0. The van der Waals surface area contributed by atoms with E-state index in [2.05, 4.69) is 23.9 Å². The van der Waals surface area contributed by atoms with Gasteiger partial charge in [0.25, 0.3) is 0 Å². The Hall–Kier alpha value is -1.52. The van der Waals surface area contributed by atoms with Gasteiger partial charge >= 0.3 is 6.61 Å². The van der Waals surface area contributed by atoms with Gasteiger partial charge in [0, 0.05) is 12.1 Å². The third kappa shape index (κ3) is 5.23. The minimum Gasteiger partial charge on any atom is -0.497 e. The van der Waals surface area contributed by atoms with Crippen molar-refractivity contribution in [3.05, 3.63) is 18.2 Å².